The quantitative estimate of drug-likeness (QED) is 0.474. The number of nitrogens with zero attached hydrogens (tertiary/aromatic N) is 2. The van der Waals surface area contributed by atoms with Gasteiger partial charge in [0.2, 0.25) is 0 Å². The van der Waals surface area contributed by atoms with Crippen molar-refractivity contribution in [3.05, 3.63) is 44.0 Å². The highest BCUT2D eigenvalue weighted by Gasteiger charge is 2.34. The van der Waals surface area contributed by atoms with Gasteiger partial charge in [0.05, 0.1) is 22.3 Å². The van der Waals surface area contributed by atoms with Crippen LogP contribution in [-0.2, 0) is 16.0 Å². The van der Waals surface area contributed by atoms with Crippen molar-refractivity contribution < 1.29 is 19.4 Å². The molecule has 0 aliphatic carbocycles. The molecule has 1 heterocycles. The molecule has 0 unspecified atom stereocenters. The van der Waals surface area contributed by atoms with Crippen LogP contribution in [-0.4, -0.2) is 34.5 Å². The summed E-state index contributed by atoms with van der Waals surface area (Å²) in [5.74, 6) is -0.370. The molecule has 0 saturated carbocycles. The van der Waals surface area contributed by atoms with E-state index >= 15 is 0 Å². The Bertz CT molecular complexity index is 682. The molecule has 1 N–H and O–H groups in total. The summed E-state index contributed by atoms with van der Waals surface area (Å²) in [7, 11) is 0. The number of carbonyl (C=O) groups is 1. The second kappa shape index (κ2) is 7.56. The van der Waals surface area contributed by atoms with E-state index in [-0.39, 0.29) is 23.6 Å². The predicted octanol–water partition coefficient (Wildman–Crippen LogP) is 2.37. The van der Waals surface area contributed by atoms with Gasteiger partial charge in [-0.15, -0.1) is 0 Å². The third-order valence-electron chi connectivity index (χ3n) is 4.51. The van der Waals surface area contributed by atoms with Crippen LogP contribution in [0.3, 0.4) is 0 Å². The highest BCUT2D eigenvalue weighted by molar-refractivity contribution is 5.75. The summed E-state index contributed by atoms with van der Waals surface area (Å²) >= 11 is 0. The van der Waals surface area contributed by atoms with E-state index in [1.165, 1.54) is 6.07 Å². The minimum absolute atomic E-state index is 0.0988. The molecule has 9 nitrogen and oxygen atoms in total. The minimum Gasteiger partial charge on any atom is -0.459 e. The zero-order chi connectivity index (χ0) is 18.6. The summed E-state index contributed by atoms with van der Waals surface area (Å²) in [4.78, 5) is 32.7. The van der Waals surface area contributed by atoms with E-state index in [9.17, 15) is 25.0 Å². The third kappa shape index (κ3) is 4.72. The van der Waals surface area contributed by atoms with E-state index in [2.05, 4.69) is 5.32 Å². The number of nitrogens with one attached hydrogen (secondary N) is 1. The first-order valence-corrected chi connectivity index (χ1v) is 8.05. The molecule has 0 spiro atoms. The van der Waals surface area contributed by atoms with Gasteiger partial charge in [-0.05, 0) is 45.8 Å². The Morgan fingerprint density at radius 3 is 2.44 bits per heavy atom. The van der Waals surface area contributed by atoms with Crippen molar-refractivity contribution in [3.63, 3.8) is 0 Å². The molecule has 0 aromatic heterocycles. The highest BCUT2D eigenvalue weighted by Crippen LogP contribution is 2.30. The van der Waals surface area contributed by atoms with Crippen molar-refractivity contribution in [3.8, 4) is 0 Å². The topological polar surface area (TPSA) is 125 Å². The molecule has 1 aromatic rings. The maximum Gasteiger partial charge on any atom is 0.311 e. The largest absolute Gasteiger partial charge is 0.459 e. The van der Waals surface area contributed by atoms with Crippen LogP contribution in [0.2, 0.25) is 0 Å². The van der Waals surface area contributed by atoms with Crippen LogP contribution >= 0.6 is 0 Å². The molecule has 9 heteroatoms. The summed E-state index contributed by atoms with van der Waals surface area (Å²) in [5, 5.41) is 25.1. The molecule has 25 heavy (non-hydrogen) atoms. The Labute approximate surface area is 144 Å². The number of piperidine rings is 1. The van der Waals surface area contributed by atoms with Crippen molar-refractivity contribution in [2.75, 3.05) is 13.1 Å². The lowest BCUT2D eigenvalue weighted by atomic mass is 9.83. The summed E-state index contributed by atoms with van der Waals surface area (Å²) in [6.07, 6.45) is 1.47. The first kappa shape index (κ1) is 18.8. The van der Waals surface area contributed by atoms with Gasteiger partial charge in [0.15, 0.2) is 0 Å². The fourth-order valence-corrected chi connectivity index (χ4v) is 3.07. The summed E-state index contributed by atoms with van der Waals surface area (Å²) in [6.45, 7) is 5.40. The number of ether oxygens (including phenoxy) is 1. The second-order valence-corrected chi connectivity index (χ2v) is 6.61. The maximum atomic E-state index is 12.3. The summed E-state index contributed by atoms with van der Waals surface area (Å²) < 4.78 is 5.57. The van der Waals surface area contributed by atoms with Crippen molar-refractivity contribution in [1.82, 2.24) is 5.32 Å². The van der Waals surface area contributed by atoms with Gasteiger partial charge in [-0.2, -0.15) is 0 Å². The zero-order valence-electron chi connectivity index (χ0n) is 14.2. The molecule has 0 atom stereocenters. The van der Waals surface area contributed by atoms with Gasteiger partial charge in [-0.1, -0.05) is 0 Å². The predicted molar refractivity (Wildman–Crippen MR) is 89.2 cm³/mol. The lowest BCUT2D eigenvalue weighted by Crippen LogP contribution is -2.43. The van der Waals surface area contributed by atoms with Crippen LogP contribution in [0.25, 0.3) is 0 Å². The van der Waals surface area contributed by atoms with Gasteiger partial charge in [-0.25, -0.2) is 0 Å². The van der Waals surface area contributed by atoms with E-state index in [4.69, 9.17) is 4.74 Å². The van der Waals surface area contributed by atoms with E-state index in [1.54, 1.807) is 0 Å². The van der Waals surface area contributed by atoms with E-state index in [1.807, 2.05) is 13.8 Å². The van der Waals surface area contributed by atoms with Crippen LogP contribution in [0, 0.1) is 26.1 Å². The maximum absolute atomic E-state index is 12.3. The Morgan fingerprint density at radius 2 is 1.88 bits per heavy atom. The standard InChI is InChI=1S/C16H21N3O6/c1-16(2,12-5-7-17-8-6-12)25-15(20)9-11-3-4-13(18(21)22)10-14(11)19(23)24/h3-4,10,12,17H,5-9H2,1-2H3. The number of non-ortho nitro benzene ring substituents is 1. The Kier molecular flexibility index (Phi) is 5.68. The number of nitro benzene ring substituents is 2. The van der Waals surface area contributed by atoms with Crippen molar-refractivity contribution in [2.24, 2.45) is 5.92 Å². The lowest BCUT2D eigenvalue weighted by Gasteiger charge is -2.36. The number of hydrogen-bond acceptors (Lipinski definition) is 7. The monoisotopic (exact) mass is 351 g/mol. The zero-order valence-corrected chi connectivity index (χ0v) is 14.2. The molecule has 136 valence electrons. The van der Waals surface area contributed by atoms with Crippen LogP contribution in [0.1, 0.15) is 32.3 Å². The molecule has 0 bridgehead atoms. The smallest absolute Gasteiger partial charge is 0.311 e. The Morgan fingerprint density at radius 1 is 1.24 bits per heavy atom. The third-order valence-corrected chi connectivity index (χ3v) is 4.51. The number of hydrogen-bond donors (Lipinski definition) is 1. The number of rotatable bonds is 6. The molecule has 1 aliphatic heterocycles. The average molecular weight is 351 g/mol. The fourth-order valence-electron chi connectivity index (χ4n) is 3.07. The lowest BCUT2D eigenvalue weighted by molar-refractivity contribution is -0.394. The molecule has 0 radical (unpaired) electrons. The summed E-state index contributed by atoms with van der Waals surface area (Å²) in [5.41, 5.74) is -1.42. The first-order chi connectivity index (χ1) is 11.7. The van der Waals surface area contributed by atoms with Gasteiger partial charge in [0.25, 0.3) is 11.4 Å². The second-order valence-electron chi connectivity index (χ2n) is 6.61. The SMILES string of the molecule is CC(C)(OC(=O)Cc1ccc([N+](=O)[O-])cc1[N+](=O)[O-])C1CCNCC1. The number of carbonyl (C=O) groups excluding carboxylic acids is 1. The Balaban J connectivity index is 2.11. The van der Waals surface area contributed by atoms with Crippen LogP contribution < -0.4 is 5.32 Å². The molecule has 2 rings (SSSR count). The molecule has 1 aliphatic rings. The number of esters is 1. The first-order valence-electron chi connectivity index (χ1n) is 8.05. The highest BCUT2D eigenvalue weighted by atomic mass is 16.6. The molecular formula is C16H21N3O6. The molecule has 1 saturated heterocycles. The minimum atomic E-state index is -0.729. The van der Waals surface area contributed by atoms with Crippen molar-refractivity contribution in [2.45, 2.75) is 38.7 Å². The fraction of sp³-hybridized carbons (Fsp3) is 0.562. The van der Waals surface area contributed by atoms with Crippen LogP contribution in [0.4, 0.5) is 11.4 Å². The van der Waals surface area contributed by atoms with E-state index in [0.29, 0.717) is 0 Å². The van der Waals surface area contributed by atoms with Crippen LogP contribution in [0.15, 0.2) is 18.2 Å². The summed E-state index contributed by atoms with van der Waals surface area (Å²) in [6, 6.07) is 3.24. The molecule has 1 aromatic carbocycles. The van der Waals surface area contributed by atoms with Gasteiger partial charge in [0.1, 0.15) is 5.60 Å². The van der Waals surface area contributed by atoms with Crippen molar-refractivity contribution in [1.29, 1.82) is 0 Å². The molecule has 1 fully saturated rings. The molecule has 0 amide bonds. The normalized spacial score (nSPS) is 15.6. The van der Waals surface area contributed by atoms with E-state index in [0.717, 1.165) is 38.1 Å². The van der Waals surface area contributed by atoms with Crippen LogP contribution in [0.5, 0.6) is 0 Å². The number of benzene rings is 1. The van der Waals surface area contributed by atoms with Crippen molar-refractivity contribution >= 4 is 17.3 Å². The Hall–Kier alpha value is -2.55. The average Bonchev–Trinajstić information content (AvgIpc) is 2.55. The van der Waals surface area contributed by atoms with Gasteiger partial charge in [0, 0.05) is 17.5 Å². The number of nitro groups is 2. The van der Waals surface area contributed by atoms with E-state index < -0.39 is 27.1 Å². The van der Waals surface area contributed by atoms with Gasteiger partial charge in [-0.3, -0.25) is 25.0 Å². The van der Waals surface area contributed by atoms with Gasteiger partial charge < -0.3 is 10.1 Å². The molecular weight excluding hydrogens is 330 g/mol. The van der Waals surface area contributed by atoms with Gasteiger partial charge >= 0.3 is 5.97 Å².